The van der Waals surface area contributed by atoms with Crippen molar-refractivity contribution in [2.24, 2.45) is 0 Å². The second-order valence-corrected chi connectivity index (χ2v) is 7.71. The van der Waals surface area contributed by atoms with Gasteiger partial charge >= 0.3 is 0 Å². The van der Waals surface area contributed by atoms with Crippen LogP contribution in [0.15, 0.2) is 48.5 Å². The number of hydrogen-bond donors (Lipinski definition) is 2. The van der Waals surface area contributed by atoms with E-state index in [0.29, 0.717) is 13.0 Å². The van der Waals surface area contributed by atoms with Gasteiger partial charge in [0.2, 0.25) is 11.8 Å². The van der Waals surface area contributed by atoms with Crippen molar-refractivity contribution in [2.45, 2.75) is 31.3 Å². The van der Waals surface area contributed by atoms with E-state index in [4.69, 9.17) is 4.74 Å². The van der Waals surface area contributed by atoms with Crippen LogP contribution in [0.4, 0.5) is 0 Å². The molecule has 1 aromatic heterocycles. The Hall–Kier alpha value is -3.28. The Morgan fingerprint density at radius 1 is 1.10 bits per heavy atom. The number of fused-ring (bicyclic) bond motifs is 2. The summed E-state index contributed by atoms with van der Waals surface area (Å²) in [6, 6.07) is 15.1. The van der Waals surface area contributed by atoms with Crippen LogP contribution in [0.1, 0.15) is 18.4 Å². The zero-order valence-corrected chi connectivity index (χ0v) is 16.3. The Kier molecular flexibility index (Phi) is 4.27. The van der Waals surface area contributed by atoms with Crippen LogP contribution in [0.2, 0.25) is 0 Å². The molecule has 2 atom stereocenters. The van der Waals surface area contributed by atoms with E-state index < -0.39 is 6.04 Å². The van der Waals surface area contributed by atoms with E-state index in [0.717, 1.165) is 46.3 Å². The SMILES string of the molecule is COc1ccc(-c2[nH]c3ccccc3c2C[C@@H]2NC(=O)[C@@H]3CCCN3C2=O)cc1. The molecular formula is C23H23N3O3. The molecule has 2 aromatic carbocycles. The van der Waals surface area contributed by atoms with E-state index in [1.165, 1.54) is 0 Å². The lowest BCUT2D eigenvalue weighted by Gasteiger charge is -2.34. The molecule has 0 unspecified atom stereocenters. The molecular weight excluding hydrogens is 366 g/mol. The van der Waals surface area contributed by atoms with Gasteiger partial charge in [-0.2, -0.15) is 0 Å². The number of rotatable bonds is 4. The number of benzene rings is 2. The number of para-hydroxylation sites is 1. The van der Waals surface area contributed by atoms with Crippen molar-refractivity contribution >= 4 is 22.7 Å². The summed E-state index contributed by atoms with van der Waals surface area (Å²) >= 11 is 0. The molecule has 2 aliphatic rings. The maximum absolute atomic E-state index is 13.0. The van der Waals surface area contributed by atoms with Crippen LogP contribution in [0, 0.1) is 0 Å². The summed E-state index contributed by atoms with van der Waals surface area (Å²) in [6.07, 6.45) is 2.11. The topological polar surface area (TPSA) is 74.4 Å². The van der Waals surface area contributed by atoms with Gasteiger partial charge in [0.15, 0.2) is 0 Å². The average molecular weight is 389 g/mol. The molecule has 148 valence electrons. The molecule has 2 saturated heterocycles. The van der Waals surface area contributed by atoms with Gasteiger partial charge in [-0.15, -0.1) is 0 Å². The monoisotopic (exact) mass is 389 g/mol. The first-order valence-electron chi connectivity index (χ1n) is 10.0. The number of aromatic nitrogens is 1. The summed E-state index contributed by atoms with van der Waals surface area (Å²) in [5, 5.41) is 4.05. The molecule has 6 heteroatoms. The Balaban J connectivity index is 1.55. The van der Waals surface area contributed by atoms with E-state index in [-0.39, 0.29) is 17.9 Å². The zero-order valence-electron chi connectivity index (χ0n) is 16.3. The van der Waals surface area contributed by atoms with Gasteiger partial charge in [0, 0.05) is 29.6 Å². The number of nitrogens with zero attached hydrogens (tertiary/aromatic N) is 1. The average Bonchev–Trinajstić information content (AvgIpc) is 3.38. The lowest BCUT2D eigenvalue weighted by Crippen LogP contribution is -2.61. The second kappa shape index (κ2) is 6.95. The number of nitrogens with one attached hydrogen (secondary N) is 2. The summed E-state index contributed by atoms with van der Waals surface area (Å²) in [5.41, 5.74) is 4.05. The summed E-state index contributed by atoms with van der Waals surface area (Å²) < 4.78 is 5.27. The van der Waals surface area contributed by atoms with Crippen molar-refractivity contribution in [3.63, 3.8) is 0 Å². The number of carbonyl (C=O) groups is 2. The minimum Gasteiger partial charge on any atom is -0.497 e. The van der Waals surface area contributed by atoms with Gasteiger partial charge in [0.1, 0.15) is 17.8 Å². The molecule has 2 amide bonds. The first kappa shape index (κ1) is 17.8. The number of H-pyrrole nitrogens is 1. The third kappa shape index (κ3) is 2.95. The quantitative estimate of drug-likeness (QED) is 0.721. The number of aromatic amines is 1. The maximum atomic E-state index is 13.0. The van der Waals surface area contributed by atoms with E-state index in [9.17, 15) is 9.59 Å². The number of amides is 2. The number of carbonyl (C=O) groups excluding carboxylic acids is 2. The van der Waals surface area contributed by atoms with Crippen LogP contribution in [0.25, 0.3) is 22.2 Å². The summed E-state index contributed by atoms with van der Waals surface area (Å²) in [7, 11) is 1.65. The largest absolute Gasteiger partial charge is 0.497 e. The van der Waals surface area contributed by atoms with Gasteiger partial charge in [0.05, 0.1) is 7.11 Å². The predicted molar refractivity (Wildman–Crippen MR) is 111 cm³/mol. The molecule has 5 rings (SSSR count). The highest BCUT2D eigenvalue weighted by atomic mass is 16.5. The van der Waals surface area contributed by atoms with E-state index in [2.05, 4.69) is 16.4 Å². The molecule has 0 radical (unpaired) electrons. The van der Waals surface area contributed by atoms with Crippen LogP contribution in [-0.4, -0.2) is 47.4 Å². The van der Waals surface area contributed by atoms with E-state index in [1.54, 1.807) is 12.0 Å². The molecule has 3 aromatic rings. The molecule has 0 spiro atoms. The molecule has 3 heterocycles. The predicted octanol–water partition coefficient (Wildman–Crippen LogP) is 2.88. The Morgan fingerprint density at radius 2 is 1.90 bits per heavy atom. The van der Waals surface area contributed by atoms with Crippen molar-refractivity contribution in [1.82, 2.24) is 15.2 Å². The van der Waals surface area contributed by atoms with Crippen molar-refractivity contribution in [3.05, 3.63) is 54.1 Å². The first-order valence-corrected chi connectivity index (χ1v) is 10.0. The number of hydrogen-bond acceptors (Lipinski definition) is 3. The Labute approximate surface area is 168 Å². The lowest BCUT2D eigenvalue weighted by atomic mass is 9.96. The van der Waals surface area contributed by atoms with Crippen LogP contribution < -0.4 is 10.1 Å². The van der Waals surface area contributed by atoms with Crippen LogP contribution in [0.5, 0.6) is 5.75 Å². The fourth-order valence-corrected chi connectivity index (χ4v) is 4.59. The summed E-state index contributed by atoms with van der Waals surface area (Å²) in [5.74, 6) is 0.789. The van der Waals surface area contributed by atoms with E-state index >= 15 is 0 Å². The smallest absolute Gasteiger partial charge is 0.246 e. The van der Waals surface area contributed by atoms with Gasteiger partial charge in [0.25, 0.3) is 0 Å². The Morgan fingerprint density at radius 3 is 2.69 bits per heavy atom. The van der Waals surface area contributed by atoms with Crippen molar-refractivity contribution in [2.75, 3.05) is 13.7 Å². The standard InChI is InChI=1S/C23H23N3O3/c1-29-15-10-8-14(9-11-15)21-17(16-5-2-3-6-18(16)24-21)13-19-23(28)26-12-4-7-20(26)22(27)25-19/h2-3,5-6,8-11,19-20,24H,4,7,12-13H2,1H3,(H,25,27)/t19-,20-/m0/s1. The molecule has 0 saturated carbocycles. The normalized spacial score (nSPS) is 21.3. The van der Waals surface area contributed by atoms with Crippen LogP contribution in [-0.2, 0) is 16.0 Å². The van der Waals surface area contributed by atoms with Gasteiger partial charge < -0.3 is 19.9 Å². The van der Waals surface area contributed by atoms with Crippen LogP contribution in [0.3, 0.4) is 0 Å². The number of piperazine rings is 1. The third-order valence-electron chi connectivity index (χ3n) is 6.05. The molecule has 2 fully saturated rings. The second-order valence-electron chi connectivity index (χ2n) is 7.71. The highest BCUT2D eigenvalue weighted by Gasteiger charge is 2.43. The van der Waals surface area contributed by atoms with Gasteiger partial charge in [-0.3, -0.25) is 9.59 Å². The van der Waals surface area contributed by atoms with Gasteiger partial charge in [-0.1, -0.05) is 18.2 Å². The van der Waals surface area contributed by atoms with Gasteiger partial charge in [-0.05, 0) is 54.3 Å². The number of methoxy groups -OCH3 is 1. The number of ether oxygens (including phenoxy) is 1. The Bertz CT molecular complexity index is 1090. The minimum absolute atomic E-state index is 0.0260. The lowest BCUT2D eigenvalue weighted by molar-refractivity contribution is -0.146. The first-order chi connectivity index (χ1) is 14.2. The molecule has 2 aliphatic heterocycles. The summed E-state index contributed by atoms with van der Waals surface area (Å²) in [4.78, 5) is 30.8. The molecule has 0 bridgehead atoms. The van der Waals surface area contributed by atoms with Gasteiger partial charge in [-0.25, -0.2) is 0 Å². The fourth-order valence-electron chi connectivity index (χ4n) is 4.59. The highest BCUT2D eigenvalue weighted by molar-refractivity contribution is 5.98. The van der Waals surface area contributed by atoms with Crippen molar-refractivity contribution < 1.29 is 14.3 Å². The van der Waals surface area contributed by atoms with Crippen molar-refractivity contribution in [3.8, 4) is 17.0 Å². The van der Waals surface area contributed by atoms with Crippen LogP contribution >= 0.6 is 0 Å². The molecule has 29 heavy (non-hydrogen) atoms. The molecule has 6 nitrogen and oxygen atoms in total. The highest BCUT2D eigenvalue weighted by Crippen LogP contribution is 2.33. The maximum Gasteiger partial charge on any atom is 0.246 e. The van der Waals surface area contributed by atoms with E-state index in [1.807, 2.05) is 42.5 Å². The molecule has 0 aliphatic carbocycles. The fraction of sp³-hybridized carbons (Fsp3) is 0.304. The third-order valence-corrected chi connectivity index (χ3v) is 6.05. The molecule has 2 N–H and O–H groups in total. The summed E-state index contributed by atoms with van der Waals surface area (Å²) in [6.45, 7) is 0.673. The zero-order chi connectivity index (χ0) is 20.0. The van der Waals surface area contributed by atoms with Crippen molar-refractivity contribution in [1.29, 1.82) is 0 Å². The minimum atomic E-state index is -0.534.